The number of hydrogen-bond acceptors (Lipinski definition) is 5. The van der Waals surface area contributed by atoms with Gasteiger partial charge >= 0.3 is 0 Å². The fourth-order valence-corrected chi connectivity index (χ4v) is 2.53. The summed E-state index contributed by atoms with van der Waals surface area (Å²) in [6.07, 6.45) is 0. The molecule has 0 aliphatic heterocycles. The normalized spacial score (nSPS) is 10.0. The molecule has 2 aromatic carbocycles. The van der Waals surface area contributed by atoms with Crippen LogP contribution in [0.3, 0.4) is 0 Å². The number of benzene rings is 2. The molecular weight excluding hydrogens is 410 g/mol. The van der Waals surface area contributed by atoms with Gasteiger partial charge in [-0.1, -0.05) is 15.9 Å². The number of non-ortho nitro benzene ring substituents is 1. The average molecular weight is 424 g/mol. The Labute approximate surface area is 157 Å². The zero-order chi connectivity index (χ0) is 18.4. The molecular formula is C16H14BrN3O4S. The monoisotopic (exact) mass is 423 g/mol. The number of halogens is 1. The maximum absolute atomic E-state index is 12.4. The van der Waals surface area contributed by atoms with Gasteiger partial charge < -0.3 is 10.1 Å². The highest BCUT2D eigenvalue weighted by Crippen LogP contribution is 2.23. The first-order valence-electron chi connectivity index (χ1n) is 7.20. The van der Waals surface area contributed by atoms with E-state index >= 15 is 0 Å². The predicted molar refractivity (Wildman–Crippen MR) is 102 cm³/mol. The number of amides is 1. The van der Waals surface area contributed by atoms with Crippen molar-refractivity contribution in [3.05, 3.63) is 62.6 Å². The lowest BCUT2D eigenvalue weighted by molar-refractivity contribution is -0.384. The first kappa shape index (κ1) is 18.8. The van der Waals surface area contributed by atoms with Gasteiger partial charge in [-0.2, -0.15) is 0 Å². The number of hydrogen-bond donors (Lipinski definition) is 2. The van der Waals surface area contributed by atoms with Gasteiger partial charge in [0.15, 0.2) is 5.11 Å². The lowest BCUT2D eigenvalue weighted by Crippen LogP contribution is -2.34. The molecule has 0 saturated heterocycles. The molecule has 0 heterocycles. The van der Waals surface area contributed by atoms with E-state index in [1.54, 1.807) is 18.2 Å². The van der Waals surface area contributed by atoms with Crippen LogP contribution >= 0.6 is 28.1 Å². The Hall–Kier alpha value is -2.52. The van der Waals surface area contributed by atoms with Crippen molar-refractivity contribution in [2.75, 3.05) is 11.9 Å². The Morgan fingerprint density at radius 2 is 1.96 bits per heavy atom. The Morgan fingerprint density at radius 3 is 2.56 bits per heavy atom. The van der Waals surface area contributed by atoms with Crippen LogP contribution in [0.4, 0.5) is 11.4 Å². The lowest BCUT2D eigenvalue weighted by atomic mass is 10.2. The van der Waals surface area contributed by atoms with Crippen molar-refractivity contribution in [1.29, 1.82) is 0 Å². The molecule has 9 heteroatoms. The average Bonchev–Trinajstić information content (AvgIpc) is 2.57. The molecule has 0 saturated carbocycles. The topological polar surface area (TPSA) is 93.5 Å². The molecule has 0 radical (unpaired) electrons. The second-order valence-corrected chi connectivity index (χ2v) is 6.11. The Morgan fingerprint density at radius 1 is 1.28 bits per heavy atom. The largest absolute Gasteiger partial charge is 0.493 e. The van der Waals surface area contributed by atoms with E-state index in [0.29, 0.717) is 23.6 Å². The van der Waals surface area contributed by atoms with Crippen LogP contribution in [0.5, 0.6) is 5.75 Å². The quantitative estimate of drug-likeness (QED) is 0.430. The van der Waals surface area contributed by atoms with Gasteiger partial charge in [0, 0.05) is 22.3 Å². The Kier molecular flexibility index (Phi) is 6.43. The third kappa shape index (κ3) is 5.23. The van der Waals surface area contributed by atoms with E-state index in [0.717, 1.165) is 4.47 Å². The number of carbonyl (C=O) groups excluding carboxylic acids is 1. The fourth-order valence-electron chi connectivity index (χ4n) is 1.96. The molecule has 2 N–H and O–H groups in total. The highest BCUT2D eigenvalue weighted by molar-refractivity contribution is 9.10. The number of rotatable bonds is 5. The van der Waals surface area contributed by atoms with Gasteiger partial charge in [0.2, 0.25) is 0 Å². The molecule has 1 amide bonds. The summed E-state index contributed by atoms with van der Waals surface area (Å²) in [5.41, 5.74) is 0.829. The molecule has 0 bridgehead atoms. The van der Waals surface area contributed by atoms with Gasteiger partial charge in [0.1, 0.15) is 5.75 Å². The summed E-state index contributed by atoms with van der Waals surface area (Å²) in [6.45, 7) is 2.25. The van der Waals surface area contributed by atoms with Gasteiger partial charge in [-0.05, 0) is 49.5 Å². The molecule has 2 rings (SSSR count). The van der Waals surface area contributed by atoms with Gasteiger partial charge in [-0.15, -0.1) is 0 Å². The minimum absolute atomic E-state index is 0.0315. The number of carbonyl (C=O) groups is 1. The number of nitro groups is 1. The molecule has 0 atom stereocenters. The van der Waals surface area contributed by atoms with E-state index in [4.69, 9.17) is 17.0 Å². The molecule has 0 unspecified atom stereocenters. The van der Waals surface area contributed by atoms with Gasteiger partial charge in [-0.3, -0.25) is 20.2 Å². The molecule has 0 aliphatic rings. The summed E-state index contributed by atoms with van der Waals surface area (Å²) in [6, 6.07) is 10.8. The smallest absolute Gasteiger partial charge is 0.269 e. The molecule has 0 fully saturated rings. The van der Waals surface area contributed by atoms with Crippen LogP contribution in [0.2, 0.25) is 0 Å². The first-order chi connectivity index (χ1) is 11.9. The highest BCUT2D eigenvalue weighted by atomic mass is 79.9. The van der Waals surface area contributed by atoms with Crippen molar-refractivity contribution in [1.82, 2.24) is 5.32 Å². The summed E-state index contributed by atoms with van der Waals surface area (Å²) in [7, 11) is 0. The van der Waals surface area contributed by atoms with Crippen molar-refractivity contribution in [3.63, 3.8) is 0 Å². The van der Waals surface area contributed by atoms with E-state index in [1.165, 1.54) is 24.3 Å². The van der Waals surface area contributed by atoms with E-state index in [1.807, 2.05) is 6.92 Å². The second-order valence-electron chi connectivity index (χ2n) is 4.79. The molecule has 130 valence electrons. The van der Waals surface area contributed by atoms with Crippen LogP contribution in [0, 0.1) is 10.1 Å². The maximum Gasteiger partial charge on any atom is 0.269 e. The number of thiocarbonyl (C=S) groups is 1. The van der Waals surface area contributed by atoms with E-state index in [9.17, 15) is 14.9 Å². The third-order valence-electron chi connectivity index (χ3n) is 3.05. The van der Waals surface area contributed by atoms with Crippen molar-refractivity contribution in [2.24, 2.45) is 0 Å². The zero-order valence-corrected chi connectivity index (χ0v) is 15.5. The van der Waals surface area contributed by atoms with Crippen molar-refractivity contribution < 1.29 is 14.5 Å². The molecule has 0 aromatic heterocycles. The fraction of sp³-hybridized carbons (Fsp3) is 0.125. The molecule has 7 nitrogen and oxygen atoms in total. The number of ether oxygens (including phenoxy) is 1. The molecule has 2 aromatic rings. The summed E-state index contributed by atoms with van der Waals surface area (Å²) in [5.74, 6) is 0.0190. The van der Waals surface area contributed by atoms with Crippen LogP contribution in [0.25, 0.3) is 0 Å². The van der Waals surface area contributed by atoms with Gasteiger partial charge in [0.25, 0.3) is 11.6 Å². The molecule has 25 heavy (non-hydrogen) atoms. The minimum atomic E-state index is -0.494. The zero-order valence-electron chi connectivity index (χ0n) is 13.1. The van der Waals surface area contributed by atoms with Crippen LogP contribution < -0.4 is 15.4 Å². The first-order valence-corrected chi connectivity index (χ1v) is 8.40. The van der Waals surface area contributed by atoms with Crippen LogP contribution in [-0.4, -0.2) is 22.5 Å². The SMILES string of the molecule is CCOc1ccc(Br)cc1C(=O)NC(=S)Nc1ccc([N+](=O)[O-])cc1. The summed E-state index contributed by atoms with van der Waals surface area (Å²) in [5, 5.41) is 16.1. The summed E-state index contributed by atoms with van der Waals surface area (Å²) < 4.78 is 6.17. The number of nitro benzene ring substituents is 1. The highest BCUT2D eigenvalue weighted by Gasteiger charge is 2.15. The van der Waals surface area contributed by atoms with Gasteiger partial charge in [-0.25, -0.2) is 0 Å². The number of nitrogens with one attached hydrogen (secondary N) is 2. The van der Waals surface area contributed by atoms with E-state index in [2.05, 4.69) is 26.6 Å². The maximum atomic E-state index is 12.4. The van der Waals surface area contributed by atoms with Crippen LogP contribution in [0.1, 0.15) is 17.3 Å². The van der Waals surface area contributed by atoms with Crippen LogP contribution in [-0.2, 0) is 0 Å². The van der Waals surface area contributed by atoms with E-state index in [-0.39, 0.29) is 10.8 Å². The Bertz CT molecular complexity index is 812. The number of nitrogens with zero attached hydrogens (tertiary/aromatic N) is 1. The summed E-state index contributed by atoms with van der Waals surface area (Å²) in [4.78, 5) is 22.6. The molecule has 0 aliphatic carbocycles. The van der Waals surface area contributed by atoms with Crippen molar-refractivity contribution in [3.8, 4) is 5.75 Å². The lowest BCUT2D eigenvalue weighted by Gasteiger charge is -2.12. The Balaban J connectivity index is 2.06. The predicted octanol–water partition coefficient (Wildman–Crippen LogP) is 3.88. The molecule has 0 spiro atoms. The summed E-state index contributed by atoms with van der Waals surface area (Å²) >= 11 is 8.42. The van der Waals surface area contributed by atoms with Crippen molar-refractivity contribution in [2.45, 2.75) is 6.92 Å². The van der Waals surface area contributed by atoms with E-state index < -0.39 is 10.8 Å². The number of anilines is 1. The van der Waals surface area contributed by atoms with Crippen molar-refractivity contribution >= 4 is 50.5 Å². The second kappa shape index (κ2) is 8.54. The van der Waals surface area contributed by atoms with Gasteiger partial charge in [0.05, 0.1) is 17.1 Å². The standard InChI is InChI=1S/C16H14BrN3O4S/c1-2-24-14-8-3-10(17)9-13(14)15(21)19-16(25)18-11-4-6-12(7-5-11)20(22)23/h3-9H,2H2,1H3,(H2,18,19,21,25). The third-order valence-corrected chi connectivity index (χ3v) is 3.75. The minimum Gasteiger partial charge on any atom is -0.493 e. The van der Waals surface area contributed by atoms with Crippen LogP contribution in [0.15, 0.2) is 46.9 Å².